The van der Waals surface area contributed by atoms with Crippen LogP contribution in [0.3, 0.4) is 0 Å². The third-order valence-electron chi connectivity index (χ3n) is 4.91. The van der Waals surface area contributed by atoms with Crippen LogP contribution in [0.5, 0.6) is 0 Å². The number of aromatic amines is 1. The van der Waals surface area contributed by atoms with E-state index in [2.05, 4.69) is 9.97 Å². The Bertz CT molecular complexity index is 1260. The van der Waals surface area contributed by atoms with Gasteiger partial charge in [-0.15, -0.1) is 11.3 Å². The first kappa shape index (κ1) is 18.4. The van der Waals surface area contributed by atoms with Crippen molar-refractivity contribution in [3.8, 4) is 0 Å². The van der Waals surface area contributed by atoms with Gasteiger partial charge in [-0.25, -0.2) is 4.98 Å². The molecule has 28 heavy (non-hydrogen) atoms. The zero-order chi connectivity index (χ0) is 19.8. The third kappa shape index (κ3) is 3.43. The number of hydrogen-bond acceptors (Lipinski definition) is 5. The molecule has 0 saturated heterocycles. The molecule has 1 N–H and O–H groups in total. The van der Waals surface area contributed by atoms with Crippen LogP contribution >= 0.6 is 11.3 Å². The van der Waals surface area contributed by atoms with Crippen molar-refractivity contribution in [1.82, 2.24) is 9.97 Å². The number of aromatic nitrogens is 2. The van der Waals surface area contributed by atoms with E-state index >= 15 is 0 Å². The molecule has 4 aromatic rings. The van der Waals surface area contributed by atoms with Crippen LogP contribution in [0.2, 0.25) is 0 Å². The average molecular weight is 392 g/mol. The fourth-order valence-corrected chi connectivity index (χ4v) is 4.31. The number of esters is 1. The third-order valence-corrected chi connectivity index (χ3v) is 6.01. The Labute approximate surface area is 166 Å². The molecule has 6 heteroatoms. The minimum absolute atomic E-state index is 0.166. The van der Waals surface area contributed by atoms with Crippen LogP contribution in [0.1, 0.15) is 34.9 Å². The summed E-state index contributed by atoms with van der Waals surface area (Å²) >= 11 is 1.48. The largest absolute Gasteiger partial charge is 0.454 e. The molecule has 0 aliphatic heterocycles. The summed E-state index contributed by atoms with van der Waals surface area (Å²) in [6.45, 7) is 5.60. The van der Waals surface area contributed by atoms with Crippen molar-refractivity contribution in [3.63, 3.8) is 0 Å². The number of carbonyl (C=O) groups excluding carboxylic acids is 1. The van der Waals surface area contributed by atoms with Crippen molar-refractivity contribution >= 4 is 38.3 Å². The number of carbonyl (C=O) groups is 1. The Morgan fingerprint density at radius 3 is 2.71 bits per heavy atom. The van der Waals surface area contributed by atoms with Crippen LogP contribution in [-0.2, 0) is 16.0 Å². The lowest BCUT2D eigenvalue weighted by atomic mass is 10.1. The average Bonchev–Trinajstić information content (AvgIpc) is 2.95. The number of thiophene rings is 1. The molecule has 0 aliphatic carbocycles. The predicted octanol–water partition coefficient (Wildman–Crippen LogP) is 4.60. The summed E-state index contributed by atoms with van der Waals surface area (Å²) in [4.78, 5) is 33.8. The van der Waals surface area contributed by atoms with Crippen LogP contribution in [0, 0.1) is 13.8 Å². The van der Waals surface area contributed by atoms with Gasteiger partial charge in [0.2, 0.25) is 0 Å². The summed E-state index contributed by atoms with van der Waals surface area (Å²) in [5, 5.41) is 2.83. The number of benzene rings is 2. The standard InChI is InChI=1S/C22H20N2O3S/c1-12-14(3)28-22-19(12)21(26)23-20(24-22)13(2)27-18(25)11-15-8-9-16-6-4-5-7-17(16)10-15/h4-10,13H,11H2,1-3H3,(H,23,24,26)/t13-/m1/s1. The van der Waals surface area contributed by atoms with Gasteiger partial charge in [0, 0.05) is 4.88 Å². The number of rotatable bonds is 4. The van der Waals surface area contributed by atoms with E-state index in [0.29, 0.717) is 16.0 Å². The molecule has 2 heterocycles. The minimum Gasteiger partial charge on any atom is -0.454 e. The van der Waals surface area contributed by atoms with E-state index in [1.165, 1.54) is 11.3 Å². The Morgan fingerprint density at radius 1 is 1.18 bits per heavy atom. The molecule has 0 radical (unpaired) electrons. The van der Waals surface area contributed by atoms with Crippen molar-refractivity contribution in [2.24, 2.45) is 0 Å². The second-order valence-electron chi connectivity index (χ2n) is 6.90. The first-order valence-corrected chi connectivity index (χ1v) is 9.91. The molecule has 0 aliphatic rings. The molecule has 0 fully saturated rings. The highest BCUT2D eigenvalue weighted by molar-refractivity contribution is 7.18. The number of H-pyrrole nitrogens is 1. The minimum atomic E-state index is -0.632. The number of nitrogens with zero attached hydrogens (tertiary/aromatic N) is 1. The maximum Gasteiger partial charge on any atom is 0.310 e. The molecular weight excluding hydrogens is 372 g/mol. The van der Waals surface area contributed by atoms with Crippen molar-refractivity contribution in [2.45, 2.75) is 33.3 Å². The lowest BCUT2D eigenvalue weighted by Crippen LogP contribution is -2.18. The van der Waals surface area contributed by atoms with Gasteiger partial charge in [0.25, 0.3) is 5.56 Å². The highest BCUT2D eigenvalue weighted by Gasteiger charge is 2.18. The molecule has 0 bridgehead atoms. The van der Waals surface area contributed by atoms with Crippen LogP contribution in [0.25, 0.3) is 21.0 Å². The summed E-state index contributed by atoms with van der Waals surface area (Å²) < 4.78 is 5.53. The van der Waals surface area contributed by atoms with Gasteiger partial charge in [0.15, 0.2) is 11.9 Å². The van der Waals surface area contributed by atoms with E-state index in [1.807, 2.05) is 56.3 Å². The van der Waals surface area contributed by atoms with E-state index in [1.54, 1.807) is 6.92 Å². The molecule has 0 unspecified atom stereocenters. The number of fused-ring (bicyclic) bond motifs is 2. The Kier molecular flexibility index (Phi) is 4.73. The highest BCUT2D eigenvalue weighted by Crippen LogP contribution is 2.27. The van der Waals surface area contributed by atoms with E-state index < -0.39 is 6.10 Å². The van der Waals surface area contributed by atoms with Crippen LogP contribution in [0.15, 0.2) is 47.3 Å². The lowest BCUT2D eigenvalue weighted by molar-refractivity contribution is -0.148. The Hall–Kier alpha value is -2.99. The van der Waals surface area contributed by atoms with Gasteiger partial charge in [-0.2, -0.15) is 0 Å². The maximum atomic E-state index is 12.4. The molecule has 142 valence electrons. The summed E-state index contributed by atoms with van der Waals surface area (Å²) in [6, 6.07) is 13.9. The number of aryl methyl sites for hydroxylation is 2. The van der Waals surface area contributed by atoms with Crippen LogP contribution in [-0.4, -0.2) is 15.9 Å². The first-order valence-electron chi connectivity index (χ1n) is 9.09. The van der Waals surface area contributed by atoms with Crippen molar-refractivity contribution in [2.75, 3.05) is 0 Å². The Balaban J connectivity index is 1.52. The molecule has 1 atom stereocenters. The molecule has 2 aromatic heterocycles. The molecule has 0 spiro atoms. The maximum absolute atomic E-state index is 12.4. The second kappa shape index (κ2) is 7.20. The molecular formula is C22H20N2O3S. The summed E-state index contributed by atoms with van der Waals surface area (Å²) in [5.74, 6) is 0.00896. The second-order valence-corrected chi connectivity index (χ2v) is 8.11. The van der Waals surface area contributed by atoms with Gasteiger partial charge in [-0.05, 0) is 42.7 Å². The van der Waals surface area contributed by atoms with Gasteiger partial charge in [0.05, 0.1) is 11.8 Å². The van der Waals surface area contributed by atoms with Crippen molar-refractivity contribution in [1.29, 1.82) is 0 Å². The molecule has 4 rings (SSSR count). The number of ether oxygens (including phenoxy) is 1. The van der Waals surface area contributed by atoms with Gasteiger partial charge >= 0.3 is 5.97 Å². The van der Waals surface area contributed by atoms with E-state index in [4.69, 9.17) is 4.74 Å². The van der Waals surface area contributed by atoms with Gasteiger partial charge < -0.3 is 9.72 Å². The quantitative estimate of drug-likeness (QED) is 0.515. The molecule has 5 nitrogen and oxygen atoms in total. The van der Waals surface area contributed by atoms with Gasteiger partial charge in [-0.1, -0.05) is 42.5 Å². The zero-order valence-corrected chi connectivity index (χ0v) is 16.7. The summed E-state index contributed by atoms with van der Waals surface area (Å²) in [6.07, 6.45) is -0.466. The van der Waals surface area contributed by atoms with Crippen molar-refractivity contribution in [3.05, 3.63) is 74.6 Å². The number of nitrogens with one attached hydrogen (secondary N) is 1. The number of hydrogen-bond donors (Lipinski definition) is 1. The van der Waals surface area contributed by atoms with Gasteiger partial charge in [0.1, 0.15) is 4.83 Å². The smallest absolute Gasteiger partial charge is 0.310 e. The monoisotopic (exact) mass is 392 g/mol. The molecule has 0 amide bonds. The normalized spacial score (nSPS) is 12.4. The molecule has 2 aromatic carbocycles. The highest BCUT2D eigenvalue weighted by atomic mass is 32.1. The SMILES string of the molecule is Cc1sc2nc([C@@H](C)OC(=O)Cc3ccc4ccccc4c3)[nH]c(=O)c2c1C. The fourth-order valence-electron chi connectivity index (χ4n) is 3.27. The summed E-state index contributed by atoms with van der Waals surface area (Å²) in [7, 11) is 0. The van der Waals surface area contributed by atoms with Crippen molar-refractivity contribution < 1.29 is 9.53 Å². The van der Waals surface area contributed by atoms with E-state index in [-0.39, 0.29) is 17.9 Å². The topological polar surface area (TPSA) is 72.0 Å². The van der Waals surface area contributed by atoms with Crippen LogP contribution in [0.4, 0.5) is 0 Å². The van der Waals surface area contributed by atoms with E-state index in [9.17, 15) is 9.59 Å². The molecule has 0 saturated carbocycles. The predicted molar refractivity (Wildman–Crippen MR) is 112 cm³/mol. The Morgan fingerprint density at radius 2 is 1.93 bits per heavy atom. The fraction of sp³-hybridized carbons (Fsp3) is 0.227. The zero-order valence-electron chi connectivity index (χ0n) is 15.9. The van der Waals surface area contributed by atoms with Gasteiger partial charge in [-0.3, -0.25) is 9.59 Å². The lowest BCUT2D eigenvalue weighted by Gasteiger charge is -2.13. The summed E-state index contributed by atoms with van der Waals surface area (Å²) in [5.41, 5.74) is 1.64. The van der Waals surface area contributed by atoms with Crippen LogP contribution < -0.4 is 5.56 Å². The first-order chi connectivity index (χ1) is 13.4. The van der Waals surface area contributed by atoms with E-state index in [0.717, 1.165) is 26.8 Å².